The van der Waals surface area contributed by atoms with Crippen LogP contribution in [0.5, 0.6) is 0 Å². The zero-order valence-electron chi connectivity index (χ0n) is 15.1. The molecule has 3 rings (SSSR count). The molecule has 2 heterocycles. The Balaban J connectivity index is 1.60. The first kappa shape index (κ1) is 18.0. The number of nitrogens with zero attached hydrogens (tertiary/aromatic N) is 3. The van der Waals surface area contributed by atoms with Crippen molar-refractivity contribution in [2.75, 3.05) is 11.9 Å². The summed E-state index contributed by atoms with van der Waals surface area (Å²) in [6, 6.07) is 9.65. The Morgan fingerprint density at radius 1 is 1.23 bits per heavy atom. The molecule has 138 valence electrons. The lowest BCUT2D eigenvalue weighted by Gasteiger charge is -2.27. The van der Waals surface area contributed by atoms with E-state index in [0.717, 1.165) is 17.1 Å². The molecule has 1 aliphatic heterocycles. The maximum atomic E-state index is 12.5. The van der Waals surface area contributed by atoms with Crippen LogP contribution in [0.2, 0.25) is 0 Å². The number of fused-ring (bicyclic) bond motifs is 1. The SMILES string of the molecule is CC(C)c1ccc(NC(=O)N2CCn3nc(CCC(=O)O)cc3C2)cc1. The topological polar surface area (TPSA) is 87.5 Å². The Labute approximate surface area is 152 Å². The molecule has 1 aliphatic rings. The van der Waals surface area contributed by atoms with Crippen LogP contribution in [0.15, 0.2) is 30.3 Å². The van der Waals surface area contributed by atoms with Gasteiger partial charge in [0.15, 0.2) is 0 Å². The fourth-order valence-electron chi connectivity index (χ4n) is 3.01. The molecule has 0 aliphatic carbocycles. The second-order valence-corrected chi connectivity index (χ2v) is 6.87. The van der Waals surface area contributed by atoms with E-state index in [9.17, 15) is 9.59 Å². The van der Waals surface area contributed by atoms with E-state index < -0.39 is 5.97 Å². The molecule has 0 fully saturated rings. The second kappa shape index (κ2) is 7.59. The number of hydrogen-bond donors (Lipinski definition) is 2. The van der Waals surface area contributed by atoms with Gasteiger partial charge in [0.2, 0.25) is 0 Å². The third kappa shape index (κ3) is 4.22. The lowest BCUT2D eigenvalue weighted by Crippen LogP contribution is -2.40. The number of amides is 2. The van der Waals surface area contributed by atoms with Crippen LogP contribution in [0.3, 0.4) is 0 Å². The molecule has 2 N–H and O–H groups in total. The highest BCUT2D eigenvalue weighted by Crippen LogP contribution is 2.19. The van der Waals surface area contributed by atoms with Gasteiger partial charge >= 0.3 is 12.0 Å². The number of urea groups is 1. The van der Waals surface area contributed by atoms with Gasteiger partial charge in [0.1, 0.15) is 0 Å². The maximum absolute atomic E-state index is 12.5. The second-order valence-electron chi connectivity index (χ2n) is 6.87. The highest BCUT2D eigenvalue weighted by molar-refractivity contribution is 5.89. The quantitative estimate of drug-likeness (QED) is 0.862. The van der Waals surface area contributed by atoms with E-state index in [2.05, 4.69) is 24.3 Å². The fraction of sp³-hybridized carbons (Fsp3) is 0.421. The van der Waals surface area contributed by atoms with Gasteiger partial charge in [-0.25, -0.2) is 4.79 Å². The summed E-state index contributed by atoms with van der Waals surface area (Å²) in [7, 11) is 0. The third-order valence-corrected chi connectivity index (χ3v) is 4.56. The molecule has 0 spiro atoms. The highest BCUT2D eigenvalue weighted by atomic mass is 16.4. The van der Waals surface area contributed by atoms with Gasteiger partial charge in [-0.2, -0.15) is 5.10 Å². The van der Waals surface area contributed by atoms with E-state index in [1.165, 1.54) is 5.56 Å². The van der Waals surface area contributed by atoms with Crippen LogP contribution in [0, 0.1) is 0 Å². The van der Waals surface area contributed by atoms with Gasteiger partial charge in [0.25, 0.3) is 0 Å². The van der Waals surface area contributed by atoms with Crippen molar-refractivity contribution in [3.05, 3.63) is 47.3 Å². The van der Waals surface area contributed by atoms with Gasteiger partial charge < -0.3 is 15.3 Å². The largest absolute Gasteiger partial charge is 0.481 e. The first-order chi connectivity index (χ1) is 12.4. The van der Waals surface area contributed by atoms with Crippen molar-refractivity contribution >= 4 is 17.7 Å². The Hall–Kier alpha value is -2.83. The number of aliphatic carboxylic acids is 1. The van der Waals surface area contributed by atoms with Crippen LogP contribution >= 0.6 is 0 Å². The Bertz CT molecular complexity index is 796. The van der Waals surface area contributed by atoms with Crippen molar-refractivity contribution in [1.82, 2.24) is 14.7 Å². The smallest absolute Gasteiger partial charge is 0.322 e. The van der Waals surface area contributed by atoms with Crippen molar-refractivity contribution in [1.29, 1.82) is 0 Å². The number of nitrogens with one attached hydrogen (secondary N) is 1. The van der Waals surface area contributed by atoms with Crippen molar-refractivity contribution < 1.29 is 14.7 Å². The van der Waals surface area contributed by atoms with Crippen molar-refractivity contribution in [3.63, 3.8) is 0 Å². The molecule has 0 unspecified atom stereocenters. The average molecular weight is 356 g/mol. The zero-order valence-corrected chi connectivity index (χ0v) is 15.1. The van der Waals surface area contributed by atoms with Gasteiger partial charge in [-0.3, -0.25) is 9.48 Å². The summed E-state index contributed by atoms with van der Waals surface area (Å²) in [6.45, 7) is 5.92. The van der Waals surface area contributed by atoms with Crippen LogP contribution in [-0.2, 0) is 24.3 Å². The van der Waals surface area contributed by atoms with E-state index in [1.807, 2.05) is 35.0 Å². The number of carboxylic acid groups (broad SMARTS) is 1. The summed E-state index contributed by atoms with van der Waals surface area (Å²) < 4.78 is 1.86. The van der Waals surface area contributed by atoms with Crippen LogP contribution in [-0.4, -0.2) is 38.3 Å². The summed E-state index contributed by atoms with van der Waals surface area (Å²) in [4.78, 5) is 25.0. The maximum Gasteiger partial charge on any atom is 0.322 e. The molecule has 26 heavy (non-hydrogen) atoms. The molecule has 7 heteroatoms. The zero-order chi connectivity index (χ0) is 18.7. The van der Waals surface area contributed by atoms with E-state index >= 15 is 0 Å². The van der Waals surface area contributed by atoms with E-state index in [4.69, 9.17) is 5.11 Å². The number of rotatable bonds is 5. The standard InChI is InChI=1S/C19H24N4O3/c1-13(2)14-3-5-15(6-4-14)20-19(26)22-9-10-23-17(12-22)11-16(21-23)7-8-18(24)25/h3-6,11,13H,7-10,12H2,1-2H3,(H,20,26)(H,24,25). The van der Waals surface area contributed by atoms with Crippen molar-refractivity contribution in [2.24, 2.45) is 0 Å². The van der Waals surface area contributed by atoms with Gasteiger partial charge in [0.05, 0.1) is 30.9 Å². The molecule has 2 aromatic rings. The number of anilines is 1. The Morgan fingerprint density at radius 2 is 1.96 bits per heavy atom. The summed E-state index contributed by atoms with van der Waals surface area (Å²) in [5.41, 5.74) is 3.70. The summed E-state index contributed by atoms with van der Waals surface area (Å²) in [5.74, 6) is -0.377. The number of carbonyl (C=O) groups is 2. The molecule has 0 saturated heterocycles. The van der Waals surface area contributed by atoms with Crippen LogP contribution < -0.4 is 5.32 Å². The number of hydrogen-bond acceptors (Lipinski definition) is 3. The van der Waals surface area contributed by atoms with Gasteiger partial charge in [0, 0.05) is 18.7 Å². The Morgan fingerprint density at radius 3 is 2.62 bits per heavy atom. The normalized spacial score (nSPS) is 13.6. The van der Waals surface area contributed by atoms with E-state index in [-0.39, 0.29) is 12.5 Å². The van der Waals surface area contributed by atoms with Crippen molar-refractivity contribution in [2.45, 2.75) is 45.7 Å². The van der Waals surface area contributed by atoms with Crippen LogP contribution in [0.25, 0.3) is 0 Å². The van der Waals surface area contributed by atoms with E-state index in [0.29, 0.717) is 32.0 Å². The number of aryl methyl sites for hydroxylation is 1. The third-order valence-electron chi connectivity index (χ3n) is 4.56. The molecule has 0 bridgehead atoms. The molecule has 1 aromatic heterocycles. The molecular formula is C19H24N4O3. The minimum atomic E-state index is -0.833. The number of aromatic nitrogens is 2. The fourth-order valence-corrected chi connectivity index (χ4v) is 3.01. The summed E-state index contributed by atoms with van der Waals surface area (Å²) in [6.07, 6.45) is 0.469. The molecule has 0 saturated carbocycles. The number of benzene rings is 1. The highest BCUT2D eigenvalue weighted by Gasteiger charge is 2.22. The van der Waals surface area contributed by atoms with Crippen LogP contribution in [0.1, 0.15) is 43.1 Å². The monoisotopic (exact) mass is 356 g/mol. The molecule has 0 radical (unpaired) electrons. The lowest BCUT2D eigenvalue weighted by atomic mass is 10.0. The molecule has 2 amide bonds. The van der Waals surface area contributed by atoms with Gasteiger partial charge in [-0.15, -0.1) is 0 Å². The van der Waals surface area contributed by atoms with E-state index in [1.54, 1.807) is 4.90 Å². The molecule has 7 nitrogen and oxygen atoms in total. The minimum absolute atomic E-state index is 0.0625. The predicted octanol–water partition coefficient (Wildman–Crippen LogP) is 3.07. The van der Waals surface area contributed by atoms with Gasteiger partial charge in [-0.05, 0) is 29.7 Å². The minimum Gasteiger partial charge on any atom is -0.481 e. The van der Waals surface area contributed by atoms with Gasteiger partial charge in [-0.1, -0.05) is 26.0 Å². The first-order valence-corrected chi connectivity index (χ1v) is 8.85. The Kier molecular flexibility index (Phi) is 5.25. The molecular weight excluding hydrogens is 332 g/mol. The summed E-state index contributed by atoms with van der Waals surface area (Å²) >= 11 is 0. The lowest BCUT2D eigenvalue weighted by molar-refractivity contribution is -0.136. The predicted molar refractivity (Wildman–Crippen MR) is 98.1 cm³/mol. The average Bonchev–Trinajstić information content (AvgIpc) is 3.02. The molecule has 0 atom stereocenters. The number of carbonyl (C=O) groups excluding carboxylic acids is 1. The molecule has 1 aromatic carbocycles. The van der Waals surface area contributed by atoms with Crippen LogP contribution in [0.4, 0.5) is 10.5 Å². The van der Waals surface area contributed by atoms with Crippen molar-refractivity contribution in [3.8, 4) is 0 Å². The first-order valence-electron chi connectivity index (χ1n) is 8.85. The summed E-state index contributed by atoms with van der Waals surface area (Å²) in [5, 5.41) is 16.1. The number of carboxylic acids is 1.